The molecule has 0 aliphatic carbocycles. The van der Waals surface area contributed by atoms with Gasteiger partial charge in [-0.05, 0) is 32.2 Å². The molecule has 0 spiro atoms. The van der Waals surface area contributed by atoms with Gasteiger partial charge in [0, 0.05) is 24.7 Å². The molecule has 1 aromatic rings. The minimum absolute atomic E-state index is 0.123. The minimum Gasteiger partial charge on any atom is -0.480 e. The van der Waals surface area contributed by atoms with E-state index in [0.29, 0.717) is 25.1 Å². The molecule has 0 aliphatic rings. The summed E-state index contributed by atoms with van der Waals surface area (Å²) in [4.78, 5) is 79.0. The number of hydrogen-bond acceptors (Lipinski definition) is 9. The van der Waals surface area contributed by atoms with E-state index in [1.54, 1.807) is 0 Å². The third-order valence-corrected chi connectivity index (χ3v) is 5.24. The van der Waals surface area contributed by atoms with Crippen LogP contribution < -0.4 is 38.9 Å². The molecule has 0 bridgehead atoms. The fourth-order valence-corrected chi connectivity index (χ4v) is 3.27. The number of hydrogen-bond donors (Lipinski definition) is 9. The number of carboxylic acid groups (broad SMARTS) is 1. The molecule has 1 heterocycles. The van der Waals surface area contributed by atoms with Crippen molar-refractivity contribution in [3.05, 3.63) is 18.2 Å². The van der Waals surface area contributed by atoms with Crippen molar-refractivity contribution >= 4 is 35.5 Å². The zero-order valence-corrected chi connectivity index (χ0v) is 20.3. The lowest BCUT2D eigenvalue weighted by Gasteiger charge is -2.24. The Balaban J connectivity index is 2.96. The molecule has 37 heavy (non-hydrogen) atoms. The van der Waals surface area contributed by atoms with E-state index >= 15 is 0 Å². The minimum atomic E-state index is -1.55. The molecule has 0 saturated carbocycles. The number of primary amides is 2. The van der Waals surface area contributed by atoms with E-state index in [1.165, 1.54) is 12.5 Å². The second-order valence-electron chi connectivity index (χ2n) is 8.37. The summed E-state index contributed by atoms with van der Waals surface area (Å²) in [6, 6.07) is -5.21. The van der Waals surface area contributed by atoms with E-state index in [4.69, 9.17) is 22.9 Å². The normalized spacial score (nSPS) is 14.0. The summed E-state index contributed by atoms with van der Waals surface area (Å²) >= 11 is 0. The van der Waals surface area contributed by atoms with Crippen molar-refractivity contribution in [1.82, 2.24) is 25.9 Å². The predicted molar refractivity (Wildman–Crippen MR) is 129 cm³/mol. The van der Waals surface area contributed by atoms with Crippen molar-refractivity contribution in [2.24, 2.45) is 22.9 Å². The maximum Gasteiger partial charge on any atom is 0.326 e. The number of aliphatic carboxylic acids is 1. The Hall–Kier alpha value is -4.05. The fraction of sp³-hybridized carbons (Fsp3) is 0.571. The highest BCUT2D eigenvalue weighted by molar-refractivity contribution is 5.96. The SMILES string of the molecule is NCCCCC(NC(=O)C(N)Cc1cnc[nH]1)C(=O)NC(CC(N)=O)C(=O)NC(CCC(N)=O)C(=O)O. The van der Waals surface area contributed by atoms with Gasteiger partial charge < -0.3 is 49.0 Å². The van der Waals surface area contributed by atoms with Crippen LogP contribution >= 0.6 is 0 Å². The van der Waals surface area contributed by atoms with Gasteiger partial charge in [-0.1, -0.05) is 0 Å². The van der Waals surface area contributed by atoms with Gasteiger partial charge in [-0.15, -0.1) is 0 Å². The highest BCUT2D eigenvalue weighted by Gasteiger charge is 2.31. The first-order valence-electron chi connectivity index (χ1n) is 11.6. The second-order valence-corrected chi connectivity index (χ2v) is 8.37. The van der Waals surface area contributed by atoms with Gasteiger partial charge in [-0.2, -0.15) is 0 Å². The summed E-state index contributed by atoms with van der Waals surface area (Å²) < 4.78 is 0. The van der Waals surface area contributed by atoms with E-state index in [9.17, 15) is 33.9 Å². The third-order valence-electron chi connectivity index (χ3n) is 5.24. The highest BCUT2D eigenvalue weighted by Crippen LogP contribution is 2.06. The molecular weight excluding hydrogens is 490 g/mol. The highest BCUT2D eigenvalue weighted by atomic mass is 16.4. The Labute approximate surface area is 212 Å². The topological polar surface area (TPSA) is 292 Å². The summed E-state index contributed by atoms with van der Waals surface area (Å²) in [5.41, 5.74) is 22.3. The first-order chi connectivity index (χ1) is 17.4. The zero-order valence-electron chi connectivity index (χ0n) is 20.3. The number of H-pyrrole nitrogens is 1. The lowest BCUT2D eigenvalue weighted by molar-refractivity contribution is -0.142. The molecule has 16 nitrogen and oxygen atoms in total. The predicted octanol–water partition coefficient (Wildman–Crippen LogP) is -3.91. The van der Waals surface area contributed by atoms with Crippen LogP contribution in [0.2, 0.25) is 0 Å². The van der Waals surface area contributed by atoms with Crippen molar-refractivity contribution in [1.29, 1.82) is 0 Å². The Morgan fingerprint density at radius 3 is 2.05 bits per heavy atom. The first-order valence-corrected chi connectivity index (χ1v) is 11.6. The lowest BCUT2D eigenvalue weighted by Crippen LogP contribution is -2.58. The summed E-state index contributed by atoms with van der Waals surface area (Å²) in [6.45, 7) is 0.343. The second kappa shape index (κ2) is 15.8. The standard InChI is InChI=1S/C21H35N9O7/c22-6-2-1-3-13(28-18(33)12(23)7-11-9-26-10-27-11)19(34)30-15(8-17(25)32)20(35)29-14(21(36)37)4-5-16(24)31/h9-10,12-15H,1-8,22-23H2,(H2,24,31)(H2,25,32)(H,26,27)(H,28,33)(H,29,35)(H,30,34)(H,36,37). The average Bonchev–Trinajstić information content (AvgIpc) is 3.32. The van der Waals surface area contributed by atoms with Gasteiger partial charge >= 0.3 is 5.97 Å². The number of amides is 5. The summed E-state index contributed by atoms with van der Waals surface area (Å²) in [6.07, 6.45) is 2.91. The molecule has 1 rings (SSSR count). The number of carbonyl (C=O) groups is 6. The van der Waals surface area contributed by atoms with Crippen LogP contribution in [0.25, 0.3) is 0 Å². The molecule has 206 valence electrons. The average molecular weight is 526 g/mol. The Bertz CT molecular complexity index is 939. The molecular formula is C21H35N9O7. The number of nitrogens with one attached hydrogen (secondary N) is 4. The van der Waals surface area contributed by atoms with Gasteiger partial charge in [0.2, 0.25) is 29.5 Å². The molecule has 4 atom stereocenters. The van der Waals surface area contributed by atoms with Crippen molar-refractivity contribution in [3.63, 3.8) is 0 Å². The van der Waals surface area contributed by atoms with Crippen LogP contribution in [0.1, 0.15) is 44.2 Å². The number of nitrogens with zero attached hydrogens (tertiary/aromatic N) is 1. The van der Waals surface area contributed by atoms with E-state index in [-0.39, 0.29) is 25.7 Å². The van der Waals surface area contributed by atoms with Crippen LogP contribution in [-0.4, -0.2) is 81.3 Å². The molecule has 0 aromatic carbocycles. The summed E-state index contributed by atoms with van der Waals surface area (Å²) in [5, 5.41) is 16.3. The van der Waals surface area contributed by atoms with E-state index in [1.807, 2.05) is 0 Å². The van der Waals surface area contributed by atoms with Crippen molar-refractivity contribution in [3.8, 4) is 0 Å². The van der Waals surface area contributed by atoms with Crippen LogP contribution in [0.5, 0.6) is 0 Å². The Kier molecular flexibility index (Phi) is 13.3. The molecule has 0 saturated heterocycles. The fourth-order valence-electron chi connectivity index (χ4n) is 3.27. The molecule has 0 aliphatic heterocycles. The lowest BCUT2D eigenvalue weighted by atomic mass is 10.0. The first kappa shape index (κ1) is 31.0. The molecule has 5 amide bonds. The number of nitrogens with two attached hydrogens (primary N) is 4. The van der Waals surface area contributed by atoms with Gasteiger partial charge in [-0.25, -0.2) is 9.78 Å². The molecule has 13 N–H and O–H groups in total. The number of carboxylic acids is 1. The van der Waals surface area contributed by atoms with Gasteiger partial charge in [0.05, 0.1) is 18.8 Å². The molecule has 16 heteroatoms. The van der Waals surface area contributed by atoms with E-state index in [2.05, 4.69) is 25.9 Å². The van der Waals surface area contributed by atoms with Crippen LogP contribution in [0.15, 0.2) is 12.5 Å². The third kappa shape index (κ3) is 12.0. The Morgan fingerprint density at radius 1 is 0.892 bits per heavy atom. The van der Waals surface area contributed by atoms with E-state index < -0.39 is 66.1 Å². The quantitative estimate of drug-likeness (QED) is 0.0839. The van der Waals surface area contributed by atoms with Crippen LogP contribution in [0, 0.1) is 0 Å². The number of aromatic nitrogens is 2. The number of unbranched alkanes of at least 4 members (excludes halogenated alkanes) is 1. The zero-order chi connectivity index (χ0) is 28.0. The maximum absolute atomic E-state index is 13.0. The molecule has 4 unspecified atom stereocenters. The molecule has 1 aromatic heterocycles. The largest absolute Gasteiger partial charge is 0.480 e. The van der Waals surface area contributed by atoms with Crippen LogP contribution in [0.3, 0.4) is 0 Å². The number of carbonyl (C=O) groups excluding carboxylic acids is 5. The smallest absolute Gasteiger partial charge is 0.326 e. The monoisotopic (exact) mass is 525 g/mol. The summed E-state index contributed by atoms with van der Waals surface area (Å²) in [5.74, 6) is -5.65. The Morgan fingerprint density at radius 2 is 1.51 bits per heavy atom. The molecule has 0 fully saturated rings. The molecule has 0 radical (unpaired) electrons. The van der Waals surface area contributed by atoms with Gasteiger partial charge in [0.15, 0.2) is 0 Å². The number of aromatic amines is 1. The summed E-state index contributed by atoms with van der Waals surface area (Å²) in [7, 11) is 0. The van der Waals surface area contributed by atoms with E-state index in [0.717, 1.165) is 0 Å². The van der Waals surface area contributed by atoms with Gasteiger partial charge in [0.1, 0.15) is 18.1 Å². The van der Waals surface area contributed by atoms with Gasteiger partial charge in [-0.3, -0.25) is 24.0 Å². The van der Waals surface area contributed by atoms with Crippen LogP contribution in [-0.2, 0) is 35.2 Å². The number of imidazole rings is 1. The maximum atomic E-state index is 13.0. The van der Waals surface area contributed by atoms with Gasteiger partial charge in [0.25, 0.3) is 0 Å². The van der Waals surface area contributed by atoms with Crippen molar-refractivity contribution < 1.29 is 33.9 Å². The van der Waals surface area contributed by atoms with Crippen molar-refractivity contribution in [2.45, 2.75) is 69.1 Å². The number of rotatable bonds is 18. The van der Waals surface area contributed by atoms with Crippen LogP contribution in [0.4, 0.5) is 0 Å². The van der Waals surface area contributed by atoms with Crippen molar-refractivity contribution in [2.75, 3.05) is 6.54 Å².